The standard InChI is InChI=1S/C13H14N6O4S/c20-11-7-19(5-4-14-11)24(22,23)10-3-1-2-9(6-10)12(21)17-13-15-8-16-18-13/h1-3,6,8H,4-5,7H2,(H,14,20)(H2,15,16,17,18,21). The molecule has 3 N–H and O–H groups in total. The monoisotopic (exact) mass is 350 g/mol. The molecule has 0 saturated carbocycles. The van der Waals surface area contributed by atoms with Crippen LogP contribution < -0.4 is 10.6 Å². The van der Waals surface area contributed by atoms with Crippen LogP contribution >= 0.6 is 0 Å². The number of benzene rings is 1. The van der Waals surface area contributed by atoms with Crippen LogP contribution in [-0.4, -0.2) is 59.4 Å². The maximum absolute atomic E-state index is 12.6. The van der Waals surface area contributed by atoms with Gasteiger partial charge in [-0.1, -0.05) is 6.07 Å². The maximum atomic E-state index is 12.6. The van der Waals surface area contributed by atoms with E-state index in [4.69, 9.17) is 0 Å². The van der Waals surface area contributed by atoms with E-state index < -0.39 is 15.9 Å². The SMILES string of the molecule is O=C1CN(S(=O)(=O)c2cccc(C(=O)Nc3ncn[nH]3)c2)CCN1. The van der Waals surface area contributed by atoms with Gasteiger partial charge in [-0.15, -0.1) is 0 Å². The Morgan fingerprint density at radius 3 is 2.88 bits per heavy atom. The summed E-state index contributed by atoms with van der Waals surface area (Å²) < 4.78 is 26.3. The van der Waals surface area contributed by atoms with Crippen molar-refractivity contribution in [3.63, 3.8) is 0 Å². The lowest BCUT2D eigenvalue weighted by molar-refractivity contribution is -0.122. The van der Waals surface area contributed by atoms with Crippen LogP contribution in [0.3, 0.4) is 0 Å². The molecule has 24 heavy (non-hydrogen) atoms. The zero-order chi connectivity index (χ0) is 17.2. The number of aromatic amines is 1. The van der Waals surface area contributed by atoms with E-state index in [1.807, 2.05) is 0 Å². The summed E-state index contributed by atoms with van der Waals surface area (Å²) in [5, 5.41) is 11.1. The van der Waals surface area contributed by atoms with Crippen LogP contribution in [0.5, 0.6) is 0 Å². The molecule has 0 unspecified atom stereocenters. The number of piperazine rings is 1. The highest BCUT2D eigenvalue weighted by molar-refractivity contribution is 7.89. The van der Waals surface area contributed by atoms with Crippen molar-refractivity contribution in [2.75, 3.05) is 25.0 Å². The van der Waals surface area contributed by atoms with Crippen LogP contribution in [-0.2, 0) is 14.8 Å². The van der Waals surface area contributed by atoms with Crippen molar-refractivity contribution in [2.24, 2.45) is 0 Å². The first kappa shape index (κ1) is 16.1. The third-order valence-electron chi connectivity index (χ3n) is 3.38. The number of rotatable bonds is 4. The second-order valence-electron chi connectivity index (χ2n) is 5.00. The fourth-order valence-corrected chi connectivity index (χ4v) is 3.66. The van der Waals surface area contributed by atoms with Crippen LogP contribution in [0.2, 0.25) is 0 Å². The minimum absolute atomic E-state index is 0.0533. The molecular weight excluding hydrogens is 336 g/mol. The summed E-state index contributed by atoms with van der Waals surface area (Å²) in [6, 6.07) is 5.58. The van der Waals surface area contributed by atoms with E-state index >= 15 is 0 Å². The molecule has 2 heterocycles. The fraction of sp³-hybridized carbons (Fsp3) is 0.231. The number of hydrogen-bond acceptors (Lipinski definition) is 6. The molecule has 126 valence electrons. The molecule has 11 heteroatoms. The normalized spacial score (nSPS) is 15.8. The van der Waals surface area contributed by atoms with Crippen molar-refractivity contribution in [2.45, 2.75) is 4.90 Å². The summed E-state index contributed by atoms with van der Waals surface area (Å²) in [4.78, 5) is 27.3. The van der Waals surface area contributed by atoms with Crippen molar-refractivity contribution in [3.05, 3.63) is 36.2 Å². The number of aromatic nitrogens is 3. The smallest absolute Gasteiger partial charge is 0.258 e. The van der Waals surface area contributed by atoms with E-state index in [0.717, 1.165) is 4.31 Å². The fourth-order valence-electron chi connectivity index (χ4n) is 2.21. The molecule has 3 rings (SSSR count). The number of nitrogens with zero attached hydrogens (tertiary/aromatic N) is 3. The lowest BCUT2D eigenvalue weighted by Crippen LogP contribution is -2.49. The van der Waals surface area contributed by atoms with E-state index in [1.165, 1.54) is 30.6 Å². The molecule has 0 bridgehead atoms. The predicted octanol–water partition coefficient (Wildman–Crippen LogP) is -0.823. The zero-order valence-corrected chi connectivity index (χ0v) is 13.2. The van der Waals surface area contributed by atoms with Gasteiger partial charge in [0.25, 0.3) is 5.91 Å². The van der Waals surface area contributed by atoms with Crippen LogP contribution in [0.25, 0.3) is 0 Å². The highest BCUT2D eigenvalue weighted by atomic mass is 32.2. The number of hydrogen-bond donors (Lipinski definition) is 3. The highest BCUT2D eigenvalue weighted by Gasteiger charge is 2.29. The van der Waals surface area contributed by atoms with Gasteiger partial charge in [-0.25, -0.2) is 13.5 Å². The molecule has 1 fully saturated rings. The van der Waals surface area contributed by atoms with Crippen LogP contribution in [0.4, 0.5) is 5.95 Å². The first-order valence-corrected chi connectivity index (χ1v) is 8.44. The predicted molar refractivity (Wildman–Crippen MR) is 82.5 cm³/mol. The van der Waals surface area contributed by atoms with E-state index in [2.05, 4.69) is 25.8 Å². The van der Waals surface area contributed by atoms with Crippen molar-refractivity contribution in [1.82, 2.24) is 24.8 Å². The van der Waals surface area contributed by atoms with E-state index in [-0.39, 0.29) is 41.9 Å². The highest BCUT2D eigenvalue weighted by Crippen LogP contribution is 2.18. The molecule has 2 aromatic rings. The van der Waals surface area contributed by atoms with Crippen LogP contribution in [0.15, 0.2) is 35.5 Å². The number of carbonyl (C=O) groups is 2. The summed E-state index contributed by atoms with van der Waals surface area (Å²) in [5.74, 6) is -0.731. The Kier molecular flexibility index (Phi) is 4.27. The average Bonchev–Trinajstić information content (AvgIpc) is 3.08. The van der Waals surface area contributed by atoms with Crippen molar-refractivity contribution in [3.8, 4) is 0 Å². The van der Waals surface area contributed by atoms with E-state index in [1.54, 1.807) is 0 Å². The van der Waals surface area contributed by atoms with E-state index in [0.29, 0.717) is 0 Å². The maximum Gasteiger partial charge on any atom is 0.258 e. The summed E-state index contributed by atoms with van der Waals surface area (Å²) in [6.07, 6.45) is 1.23. The first-order chi connectivity index (χ1) is 11.5. The topological polar surface area (TPSA) is 137 Å². The molecule has 0 atom stereocenters. The van der Waals surface area contributed by atoms with Gasteiger partial charge in [0, 0.05) is 18.7 Å². The molecular formula is C13H14N6O4S. The van der Waals surface area contributed by atoms with Crippen molar-refractivity contribution >= 4 is 27.8 Å². The minimum atomic E-state index is -3.86. The van der Waals surface area contributed by atoms with Gasteiger partial charge in [0.2, 0.25) is 21.9 Å². The van der Waals surface area contributed by atoms with E-state index in [9.17, 15) is 18.0 Å². The van der Waals surface area contributed by atoms with Crippen molar-refractivity contribution in [1.29, 1.82) is 0 Å². The van der Waals surface area contributed by atoms with Crippen LogP contribution in [0.1, 0.15) is 10.4 Å². The quantitative estimate of drug-likeness (QED) is 0.659. The summed E-state index contributed by atoms with van der Waals surface area (Å²) in [7, 11) is -3.86. The number of H-pyrrole nitrogens is 1. The lowest BCUT2D eigenvalue weighted by atomic mass is 10.2. The molecule has 0 aliphatic carbocycles. The molecule has 1 aliphatic heterocycles. The molecule has 0 spiro atoms. The molecule has 1 aromatic heterocycles. The molecule has 1 aliphatic rings. The number of nitrogens with one attached hydrogen (secondary N) is 3. The molecule has 0 radical (unpaired) electrons. The number of amides is 2. The molecule has 2 amide bonds. The Morgan fingerprint density at radius 1 is 1.33 bits per heavy atom. The Bertz CT molecular complexity index is 864. The van der Waals surface area contributed by atoms with Crippen LogP contribution in [0, 0.1) is 0 Å². The summed E-state index contributed by atoms with van der Waals surface area (Å²) >= 11 is 0. The Morgan fingerprint density at radius 2 is 2.17 bits per heavy atom. The lowest BCUT2D eigenvalue weighted by Gasteiger charge is -2.26. The second kappa shape index (κ2) is 6.37. The van der Waals surface area contributed by atoms with Gasteiger partial charge >= 0.3 is 0 Å². The van der Waals surface area contributed by atoms with Gasteiger partial charge < -0.3 is 5.32 Å². The van der Waals surface area contributed by atoms with Gasteiger partial charge in [0.15, 0.2) is 0 Å². The number of anilines is 1. The third-order valence-corrected chi connectivity index (χ3v) is 5.23. The largest absolute Gasteiger partial charge is 0.354 e. The number of carbonyl (C=O) groups excluding carboxylic acids is 2. The van der Waals surface area contributed by atoms with Gasteiger partial charge in [0.1, 0.15) is 6.33 Å². The zero-order valence-electron chi connectivity index (χ0n) is 12.4. The summed E-state index contributed by atoms with van der Waals surface area (Å²) in [6.45, 7) is 0.198. The average molecular weight is 350 g/mol. The Hall–Kier alpha value is -2.79. The molecule has 10 nitrogen and oxygen atoms in total. The van der Waals surface area contributed by atoms with Gasteiger partial charge in [0.05, 0.1) is 11.4 Å². The molecule has 1 saturated heterocycles. The minimum Gasteiger partial charge on any atom is -0.354 e. The third kappa shape index (κ3) is 3.26. The first-order valence-electron chi connectivity index (χ1n) is 7.00. The van der Waals surface area contributed by atoms with Gasteiger partial charge in [-0.05, 0) is 18.2 Å². The Labute approximate surface area is 137 Å². The summed E-state index contributed by atoms with van der Waals surface area (Å²) in [5.41, 5.74) is 0.147. The second-order valence-corrected chi connectivity index (χ2v) is 6.94. The Balaban J connectivity index is 1.84. The van der Waals surface area contributed by atoms with Gasteiger partial charge in [-0.2, -0.15) is 14.4 Å². The number of sulfonamides is 1. The van der Waals surface area contributed by atoms with Gasteiger partial charge in [-0.3, -0.25) is 14.9 Å². The molecule has 1 aromatic carbocycles. The van der Waals surface area contributed by atoms with Crippen molar-refractivity contribution < 1.29 is 18.0 Å².